The van der Waals surface area contributed by atoms with Crippen molar-refractivity contribution in [3.63, 3.8) is 0 Å². The molecule has 30 heavy (non-hydrogen) atoms. The highest BCUT2D eigenvalue weighted by Gasteiger charge is 2.32. The Kier molecular flexibility index (Phi) is 5.37. The van der Waals surface area contributed by atoms with Crippen LogP contribution in [0.15, 0.2) is 64.6 Å². The molecule has 2 heterocycles. The van der Waals surface area contributed by atoms with Gasteiger partial charge in [-0.1, -0.05) is 30.3 Å². The Hall–Kier alpha value is -3.45. The lowest BCUT2D eigenvalue weighted by molar-refractivity contribution is 0.214. The topological polar surface area (TPSA) is 77.8 Å². The van der Waals surface area contributed by atoms with Gasteiger partial charge < -0.3 is 15.3 Å². The Morgan fingerprint density at radius 1 is 1.23 bits per heavy atom. The standard InChI is InChI=1S/C23H22N4O2S/c1-14-20(21(26-23(29)27(14)3)17-8-5-9-18(28)11-17)22-25-19(13-30-22)16-7-4-6-15(10-16)12-24-2/h4-13,21,28H,1-3H3,(H,26,29). The molecule has 6 nitrogen and oxygen atoms in total. The number of phenols is 1. The molecule has 0 fully saturated rings. The van der Waals surface area contributed by atoms with Gasteiger partial charge in [-0.15, -0.1) is 11.3 Å². The molecule has 1 aliphatic heterocycles. The van der Waals surface area contributed by atoms with E-state index in [-0.39, 0.29) is 11.8 Å². The molecule has 1 aliphatic rings. The number of nitrogens with one attached hydrogen (secondary N) is 1. The zero-order valence-corrected chi connectivity index (χ0v) is 17.8. The number of benzene rings is 2. The molecule has 2 N–H and O–H groups in total. The van der Waals surface area contributed by atoms with Crippen molar-refractivity contribution >= 4 is 29.2 Å². The summed E-state index contributed by atoms with van der Waals surface area (Å²) in [7, 11) is 3.49. The molecule has 0 radical (unpaired) electrons. The van der Waals surface area contributed by atoms with E-state index in [0.717, 1.165) is 38.7 Å². The second-order valence-corrected chi connectivity index (χ2v) is 7.94. The van der Waals surface area contributed by atoms with E-state index in [1.165, 1.54) is 11.3 Å². The molecular weight excluding hydrogens is 396 g/mol. The van der Waals surface area contributed by atoms with Gasteiger partial charge in [0.2, 0.25) is 0 Å². The Morgan fingerprint density at radius 3 is 2.80 bits per heavy atom. The van der Waals surface area contributed by atoms with E-state index in [0.29, 0.717) is 0 Å². The van der Waals surface area contributed by atoms with Crippen LogP contribution in [-0.4, -0.2) is 41.3 Å². The zero-order chi connectivity index (χ0) is 21.3. The number of phenolic OH excluding ortho intramolecular Hbond substituents is 1. The lowest BCUT2D eigenvalue weighted by Gasteiger charge is -2.33. The Bertz CT molecular complexity index is 1170. The third-order valence-electron chi connectivity index (χ3n) is 5.15. The minimum atomic E-state index is -0.390. The van der Waals surface area contributed by atoms with Crippen LogP contribution in [0.5, 0.6) is 5.75 Å². The van der Waals surface area contributed by atoms with Crippen LogP contribution in [0.1, 0.15) is 29.1 Å². The molecule has 0 saturated carbocycles. The predicted molar refractivity (Wildman–Crippen MR) is 121 cm³/mol. The maximum absolute atomic E-state index is 12.5. The first-order valence-corrected chi connectivity index (χ1v) is 10.4. The maximum atomic E-state index is 12.5. The average molecular weight is 419 g/mol. The summed E-state index contributed by atoms with van der Waals surface area (Å²) in [6.07, 6.45) is 1.81. The van der Waals surface area contributed by atoms with Crippen molar-refractivity contribution in [3.05, 3.63) is 75.7 Å². The second kappa shape index (κ2) is 8.12. The number of hydrogen-bond acceptors (Lipinski definition) is 5. The number of carbonyl (C=O) groups excluding carboxylic acids is 1. The van der Waals surface area contributed by atoms with Crippen molar-refractivity contribution in [3.8, 4) is 17.0 Å². The van der Waals surface area contributed by atoms with E-state index in [1.54, 1.807) is 37.2 Å². The van der Waals surface area contributed by atoms with Crippen LogP contribution in [0, 0.1) is 0 Å². The fraction of sp³-hybridized carbons (Fsp3) is 0.174. The first-order chi connectivity index (χ1) is 14.5. The third-order valence-corrected chi connectivity index (χ3v) is 6.03. The van der Waals surface area contributed by atoms with Crippen molar-refractivity contribution in [1.29, 1.82) is 0 Å². The van der Waals surface area contributed by atoms with Crippen molar-refractivity contribution in [2.24, 2.45) is 4.99 Å². The smallest absolute Gasteiger partial charge is 0.322 e. The van der Waals surface area contributed by atoms with E-state index in [1.807, 2.05) is 42.8 Å². The van der Waals surface area contributed by atoms with Gasteiger partial charge in [0.25, 0.3) is 0 Å². The fourth-order valence-corrected chi connectivity index (χ4v) is 4.48. The molecule has 7 heteroatoms. The number of amides is 2. The number of aromatic hydroxyl groups is 1. The van der Waals surface area contributed by atoms with Gasteiger partial charge in [0.05, 0.1) is 11.7 Å². The van der Waals surface area contributed by atoms with Gasteiger partial charge in [-0.3, -0.25) is 4.99 Å². The lowest BCUT2D eigenvalue weighted by Crippen LogP contribution is -2.44. The number of carbonyl (C=O) groups is 1. The number of rotatable bonds is 4. The molecule has 1 unspecified atom stereocenters. The second-order valence-electron chi connectivity index (χ2n) is 7.09. The Balaban J connectivity index is 1.79. The van der Waals surface area contributed by atoms with E-state index in [4.69, 9.17) is 4.98 Å². The van der Waals surface area contributed by atoms with Crippen LogP contribution in [0.4, 0.5) is 4.79 Å². The molecule has 1 aromatic heterocycles. The number of aliphatic imine (C=N–C) groups is 1. The first-order valence-electron chi connectivity index (χ1n) is 9.50. The fourth-order valence-electron chi connectivity index (χ4n) is 3.52. The maximum Gasteiger partial charge on any atom is 0.322 e. The molecule has 3 aromatic rings. The molecule has 0 aliphatic carbocycles. The molecule has 152 valence electrons. The minimum absolute atomic E-state index is 0.159. The summed E-state index contributed by atoms with van der Waals surface area (Å²) in [4.78, 5) is 23.0. The number of thiazole rings is 1. The predicted octanol–water partition coefficient (Wildman–Crippen LogP) is 4.69. The van der Waals surface area contributed by atoms with E-state index < -0.39 is 6.04 Å². The van der Waals surface area contributed by atoms with Crippen LogP contribution >= 0.6 is 11.3 Å². The van der Waals surface area contributed by atoms with Crippen LogP contribution < -0.4 is 5.32 Å². The van der Waals surface area contributed by atoms with Gasteiger partial charge in [-0.2, -0.15) is 0 Å². The van der Waals surface area contributed by atoms with Crippen molar-refractivity contribution in [1.82, 2.24) is 15.2 Å². The summed E-state index contributed by atoms with van der Waals surface area (Å²) in [5.74, 6) is 0.159. The average Bonchev–Trinajstić information content (AvgIpc) is 3.22. The highest BCUT2D eigenvalue weighted by Crippen LogP contribution is 2.39. The minimum Gasteiger partial charge on any atom is -0.508 e. The molecule has 1 atom stereocenters. The summed E-state index contributed by atoms with van der Waals surface area (Å²) in [5, 5.41) is 15.8. The monoisotopic (exact) mass is 418 g/mol. The normalized spacial score (nSPS) is 17.0. The third kappa shape index (κ3) is 3.71. The summed E-state index contributed by atoms with van der Waals surface area (Å²) in [6, 6.07) is 14.4. The molecule has 2 amide bonds. The number of urea groups is 1. The molecular formula is C23H22N4O2S. The van der Waals surface area contributed by atoms with Crippen LogP contribution in [0.2, 0.25) is 0 Å². The SMILES string of the molecule is CN=Cc1cccc(-c2csc(C3=C(C)N(C)C(=O)NC3c3cccc(O)c3)n2)c1. The van der Waals surface area contributed by atoms with E-state index in [2.05, 4.69) is 16.4 Å². The summed E-state index contributed by atoms with van der Waals surface area (Å²) in [5.41, 5.74) is 5.46. The summed E-state index contributed by atoms with van der Waals surface area (Å²) in [6.45, 7) is 1.92. The highest BCUT2D eigenvalue weighted by molar-refractivity contribution is 7.11. The molecule has 0 spiro atoms. The Morgan fingerprint density at radius 2 is 2.03 bits per heavy atom. The van der Waals surface area contributed by atoms with Crippen molar-refractivity contribution in [2.75, 3.05) is 14.1 Å². The van der Waals surface area contributed by atoms with Crippen molar-refractivity contribution < 1.29 is 9.90 Å². The van der Waals surface area contributed by atoms with Crippen LogP contribution in [-0.2, 0) is 0 Å². The van der Waals surface area contributed by atoms with Crippen LogP contribution in [0.3, 0.4) is 0 Å². The number of hydrogen-bond donors (Lipinski definition) is 2. The van der Waals surface area contributed by atoms with E-state index >= 15 is 0 Å². The Labute approximate surface area is 179 Å². The molecule has 4 rings (SSSR count). The van der Waals surface area contributed by atoms with Gasteiger partial charge in [0.1, 0.15) is 10.8 Å². The van der Waals surface area contributed by atoms with Gasteiger partial charge in [0, 0.05) is 42.5 Å². The van der Waals surface area contributed by atoms with Gasteiger partial charge >= 0.3 is 6.03 Å². The number of aromatic nitrogens is 1. The van der Waals surface area contributed by atoms with Gasteiger partial charge in [-0.05, 0) is 36.2 Å². The van der Waals surface area contributed by atoms with Crippen molar-refractivity contribution in [2.45, 2.75) is 13.0 Å². The molecule has 0 bridgehead atoms. The quantitative estimate of drug-likeness (QED) is 0.603. The van der Waals surface area contributed by atoms with Crippen LogP contribution in [0.25, 0.3) is 16.8 Å². The molecule has 2 aromatic carbocycles. The largest absolute Gasteiger partial charge is 0.508 e. The first kappa shape index (κ1) is 19.8. The number of nitrogens with zero attached hydrogens (tertiary/aromatic N) is 3. The zero-order valence-electron chi connectivity index (χ0n) is 17.0. The number of allylic oxidation sites excluding steroid dienone is 1. The summed E-state index contributed by atoms with van der Waals surface area (Å²) >= 11 is 1.54. The molecule has 0 saturated heterocycles. The van der Waals surface area contributed by atoms with E-state index in [9.17, 15) is 9.90 Å². The lowest BCUT2D eigenvalue weighted by atomic mass is 9.95. The summed E-state index contributed by atoms with van der Waals surface area (Å²) < 4.78 is 0. The van der Waals surface area contributed by atoms with Gasteiger partial charge in [-0.25, -0.2) is 9.78 Å². The van der Waals surface area contributed by atoms with Gasteiger partial charge in [0.15, 0.2) is 0 Å². The highest BCUT2D eigenvalue weighted by atomic mass is 32.1.